The van der Waals surface area contributed by atoms with Crippen LogP contribution in [0.4, 0.5) is 0 Å². The van der Waals surface area contributed by atoms with Gasteiger partial charge in [0.05, 0.1) is 6.61 Å². The molecule has 0 aromatic carbocycles. The van der Waals surface area contributed by atoms with Crippen LogP contribution >= 0.6 is 12.6 Å². The Balaban J connectivity index is 3.27. The zero-order valence-electron chi connectivity index (χ0n) is 4.65. The first-order chi connectivity index (χ1) is 4.18. The SMILES string of the molecule is O=C(O)C(O)OCCS. The lowest BCUT2D eigenvalue weighted by Gasteiger charge is -2.03. The van der Waals surface area contributed by atoms with Crippen LogP contribution < -0.4 is 0 Å². The predicted octanol–water partition coefficient (Wildman–Crippen LogP) is -0.664. The molecule has 0 aromatic heterocycles. The van der Waals surface area contributed by atoms with E-state index >= 15 is 0 Å². The number of carbonyl (C=O) groups is 1. The van der Waals surface area contributed by atoms with Gasteiger partial charge >= 0.3 is 5.97 Å². The third-order valence-electron chi connectivity index (χ3n) is 0.578. The number of thiol groups is 1. The summed E-state index contributed by atoms with van der Waals surface area (Å²) in [5, 5.41) is 16.4. The zero-order chi connectivity index (χ0) is 7.28. The lowest BCUT2D eigenvalue weighted by Crippen LogP contribution is -2.23. The van der Waals surface area contributed by atoms with Gasteiger partial charge in [-0.25, -0.2) is 4.79 Å². The average Bonchev–Trinajstić information content (AvgIpc) is 1.82. The molecule has 0 saturated carbocycles. The topological polar surface area (TPSA) is 66.8 Å². The number of ether oxygens (including phenoxy) is 1. The molecule has 0 radical (unpaired) electrons. The van der Waals surface area contributed by atoms with Crippen molar-refractivity contribution in [1.29, 1.82) is 0 Å². The van der Waals surface area contributed by atoms with Gasteiger partial charge in [0.15, 0.2) is 0 Å². The molecular formula is C4H8O4S. The van der Waals surface area contributed by atoms with Crippen LogP contribution in [0.1, 0.15) is 0 Å². The van der Waals surface area contributed by atoms with Gasteiger partial charge in [-0.15, -0.1) is 0 Å². The van der Waals surface area contributed by atoms with Gasteiger partial charge in [0.25, 0.3) is 6.29 Å². The van der Waals surface area contributed by atoms with Crippen LogP contribution in [0.15, 0.2) is 0 Å². The Hall–Kier alpha value is -0.260. The number of hydrogen-bond donors (Lipinski definition) is 3. The minimum Gasteiger partial charge on any atom is -0.477 e. The predicted molar refractivity (Wildman–Crippen MR) is 33.4 cm³/mol. The van der Waals surface area contributed by atoms with Gasteiger partial charge in [0.1, 0.15) is 0 Å². The van der Waals surface area contributed by atoms with Crippen molar-refractivity contribution >= 4 is 18.6 Å². The second-order valence-electron chi connectivity index (χ2n) is 1.28. The summed E-state index contributed by atoms with van der Waals surface area (Å²) >= 11 is 3.73. The van der Waals surface area contributed by atoms with Crippen molar-refractivity contribution in [2.75, 3.05) is 12.4 Å². The fraction of sp³-hybridized carbons (Fsp3) is 0.750. The Bertz CT molecular complexity index is 94.6. The van der Waals surface area contributed by atoms with E-state index in [4.69, 9.17) is 10.2 Å². The summed E-state index contributed by atoms with van der Waals surface area (Å²) in [5.41, 5.74) is 0. The largest absolute Gasteiger partial charge is 0.477 e. The van der Waals surface area contributed by atoms with Gasteiger partial charge in [0.2, 0.25) is 0 Å². The van der Waals surface area contributed by atoms with Crippen LogP contribution in [0.25, 0.3) is 0 Å². The summed E-state index contributed by atoms with van der Waals surface area (Å²) in [6.07, 6.45) is -1.71. The molecule has 1 atom stereocenters. The van der Waals surface area contributed by atoms with Gasteiger partial charge < -0.3 is 14.9 Å². The van der Waals surface area contributed by atoms with Crippen molar-refractivity contribution in [1.82, 2.24) is 0 Å². The number of aliphatic carboxylic acids is 1. The van der Waals surface area contributed by atoms with Gasteiger partial charge in [-0.2, -0.15) is 12.6 Å². The molecule has 2 N–H and O–H groups in total. The van der Waals surface area contributed by atoms with E-state index in [1.165, 1.54) is 0 Å². The highest BCUT2D eigenvalue weighted by atomic mass is 32.1. The minimum absolute atomic E-state index is 0.135. The maximum atomic E-state index is 9.81. The molecule has 0 saturated heterocycles. The molecule has 0 aliphatic carbocycles. The number of aliphatic hydroxyl groups is 1. The molecule has 1 unspecified atom stereocenters. The summed E-state index contributed by atoms with van der Waals surface area (Å²) < 4.78 is 4.33. The van der Waals surface area contributed by atoms with Crippen LogP contribution in [0, 0.1) is 0 Å². The maximum Gasteiger partial charge on any atom is 0.360 e. The molecule has 0 rings (SSSR count). The summed E-state index contributed by atoms with van der Waals surface area (Å²) in [4.78, 5) is 9.81. The van der Waals surface area contributed by atoms with Gasteiger partial charge in [-0.3, -0.25) is 0 Å². The van der Waals surface area contributed by atoms with Gasteiger partial charge in [-0.1, -0.05) is 0 Å². The number of aliphatic hydroxyl groups excluding tert-OH is 1. The Labute approximate surface area is 57.9 Å². The number of carboxylic acid groups (broad SMARTS) is 1. The Morgan fingerprint density at radius 3 is 2.67 bits per heavy atom. The Morgan fingerprint density at radius 2 is 2.33 bits per heavy atom. The number of carboxylic acids is 1. The van der Waals surface area contributed by atoms with Gasteiger partial charge in [-0.05, 0) is 0 Å². The number of hydrogen-bond acceptors (Lipinski definition) is 4. The van der Waals surface area contributed by atoms with Crippen molar-refractivity contribution in [3.63, 3.8) is 0 Å². The third kappa shape index (κ3) is 4.26. The van der Waals surface area contributed by atoms with Crippen molar-refractivity contribution in [3.05, 3.63) is 0 Å². The van der Waals surface area contributed by atoms with Crippen LogP contribution in [0.3, 0.4) is 0 Å². The monoisotopic (exact) mass is 152 g/mol. The van der Waals surface area contributed by atoms with E-state index < -0.39 is 12.3 Å². The fourth-order valence-electron chi connectivity index (χ4n) is 0.236. The first kappa shape index (κ1) is 8.74. The Kier molecular flexibility index (Phi) is 4.47. The fourth-order valence-corrected chi connectivity index (χ4v) is 0.341. The summed E-state index contributed by atoms with van der Waals surface area (Å²) in [6, 6.07) is 0. The molecule has 5 heteroatoms. The quantitative estimate of drug-likeness (QED) is 0.369. The molecule has 0 heterocycles. The van der Waals surface area contributed by atoms with E-state index in [1.54, 1.807) is 0 Å². The van der Waals surface area contributed by atoms with Crippen LogP contribution in [-0.2, 0) is 9.53 Å². The molecular weight excluding hydrogens is 144 g/mol. The average molecular weight is 152 g/mol. The molecule has 0 aliphatic heterocycles. The summed E-state index contributed by atoms with van der Waals surface area (Å²) in [5.74, 6) is -0.985. The highest BCUT2D eigenvalue weighted by Crippen LogP contribution is 1.86. The lowest BCUT2D eigenvalue weighted by molar-refractivity contribution is -0.175. The molecule has 0 spiro atoms. The highest BCUT2D eigenvalue weighted by molar-refractivity contribution is 7.80. The van der Waals surface area contributed by atoms with E-state index in [-0.39, 0.29) is 6.61 Å². The summed E-state index contributed by atoms with van der Waals surface area (Å²) in [7, 11) is 0. The van der Waals surface area contributed by atoms with E-state index in [0.29, 0.717) is 5.75 Å². The minimum atomic E-state index is -1.71. The van der Waals surface area contributed by atoms with Crippen molar-refractivity contribution in [3.8, 4) is 0 Å². The third-order valence-corrected chi connectivity index (χ3v) is 0.761. The molecule has 0 fully saturated rings. The second kappa shape index (κ2) is 4.60. The van der Waals surface area contributed by atoms with Crippen LogP contribution in [-0.4, -0.2) is 34.8 Å². The van der Waals surface area contributed by atoms with Crippen molar-refractivity contribution in [2.45, 2.75) is 6.29 Å². The molecule has 0 amide bonds. The second-order valence-corrected chi connectivity index (χ2v) is 1.73. The molecule has 0 bridgehead atoms. The molecule has 0 aliphatic rings. The summed E-state index contributed by atoms with van der Waals surface area (Å²) in [6.45, 7) is 0.135. The molecule has 4 nitrogen and oxygen atoms in total. The molecule has 54 valence electrons. The van der Waals surface area contributed by atoms with E-state index in [9.17, 15) is 4.79 Å². The van der Waals surface area contributed by atoms with E-state index in [0.717, 1.165) is 0 Å². The van der Waals surface area contributed by atoms with Crippen LogP contribution in [0.5, 0.6) is 0 Å². The molecule has 0 aromatic rings. The van der Waals surface area contributed by atoms with Crippen molar-refractivity contribution in [2.24, 2.45) is 0 Å². The Morgan fingerprint density at radius 1 is 1.78 bits per heavy atom. The first-order valence-electron chi connectivity index (χ1n) is 2.32. The van der Waals surface area contributed by atoms with Gasteiger partial charge in [0, 0.05) is 5.75 Å². The first-order valence-corrected chi connectivity index (χ1v) is 2.95. The smallest absolute Gasteiger partial charge is 0.360 e. The lowest BCUT2D eigenvalue weighted by atomic mass is 10.6. The molecule has 9 heavy (non-hydrogen) atoms. The zero-order valence-corrected chi connectivity index (χ0v) is 5.54. The number of rotatable bonds is 4. The van der Waals surface area contributed by atoms with Crippen LogP contribution in [0.2, 0.25) is 0 Å². The van der Waals surface area contributed by atoms with E-state index in [1.807, 2.05) is 0 Å². The highest BCUT2D eigenvalue weighted by Gasteiger charge is 2.11. The normalized spacial score (nSPS) is 13.1. The van der Waals surface area contributed by atoms with Crippen molar-refractivity contribution < 1.29 is 19.7 Å². The van der Waals surface area contributed by atoms with E-state index in [2.05, 4.69) is 17.4 Å². The maximum absolute atomic E-state index is 9.81. The standard InChI is InChI=1S/C4H8O4S/c5-3(6)4(7)8-1-2-9/h4,7,9H,1-2H2,(H,5,6).